The summed E-state index contributed by atoms with van der Waals surface area (Å²) in [5.74, 6) is -0.752. The molecule has 0 aliphatic carbocycles. The number of carbonyl (C=O) groups is 2. The van der Waals surface area contributed by atoms with Gasteiger partial charge in [-0.2, -0.15) is 0 Å². The molecule has 102 valence electrons. The van der Waals surface area contributed by atoms with Crippen molar-refractivity contribution in [2.75, 3.05) is 0 Å². The van der Waals surface area contributed by atoms with Gasteiger partial charge >= 0.3 is 0 Å². The Bertz CT molecular complexity index is 784. The fraction of sp³-hybridized carbons (Fsp3) is 0.231. The van der Waals surface area contributed by atoms with Crippen molar-refractivity contribution in [2.24, 2.45) is 0 Å². The molecule has 7 heteroatoms. The zero-order chi connectivity index (χ0) is 14.3. The molecule has 1 aliphatic rings. The molecule has 6 nitrogen and oxygen atoms in total. The Morgan fingerprint density at radius 3 is 2.85 bits per heavy atom. The number of carbonyl (C=O) groups excluding carboxylic acids is 2. The van der Waals surface area contributed by atoms with Crippen LogP contribution in [0.5, 0.6) is 0 Å². The highest BCUT2D eigenvalue weighted by molar-refractivity contribution is 14.1. The van der Waals surface area contributed by atoms with Crippen LogP contribution in [0.2, 0.25) is 0 Å². The Morgan fingerprint density at radius 1 is 1.30 bits per heavy atom. The maximum Gasteiger partial charge on any atom is 0.261 e. The summed E-state index contributed by atoms with van der Waals surface area (Å²) in [6.07, 6.45) is 1.92. The number of halogens is 1. The van der Waals surface area contributed by atoms with E-state index < -0.39 is 11.9 Å². The standard InChI is InChI=1S/C13H10IN3O3/c14-7-1-2-9-8(5-7)13(20)17(6-15-9)10-3-4-11(18)16-12(10)19/h1-2,5-6,10H,3-4H2,(H,16,18,19). The molecule has 1 atom stereocenters. The molecule has 1 fully saturated rings. The third-order valence-corrected chi connectivity index (χ3v) is 3.96. The van der Waals surface area contributed by atoms with Crippen LogP contribution in [0.15, 0.2) is 29.3 Å². The fourth-order valence-corrected chi connectivity index (χ4v) is 2.77. The topological polar surface area (TPSA) is 81.1 Å². The number of imide groups is 1. The number of fused-ring (bicyclic) bond motifs is 1. The van der Waals surface area contributed by atoms with Gasteiger partial charge in [-0.15, -0.1) is 0 Å². The Morgan fingerprint density at radius 2 is 2.10 bits per heavy atom. The second kappa shape index (κ2) is 4.97. The molecule has 2 heterocycles. The van der Waals surface area contributed by atoms with Gasteiger partial charge in [-0.25, -0.2) is 4.98 Å². The predicted molar refractivity (Wildman–Crippen MR) is 80.1 cm³/mol. The maximum absolute atomic E-state index is 12.5. The Labute approximate surface area is 127 Å². The molecule has 20 heavy (non-hydrogen) atoms. The van der Waals surface area contributed by atoms with Crippen molar-refractivity contribution in [3.05, 3.63) is 38.5 Å². The molecule has 1 aromatic carbocycles. The number of hydrogen-bond donors (Lipinski definition) is 1. The van der Waals surface area contributed by atoms with Crippen molar-refractivity contribution < 1.29 is 9.59 Å². The van der Waals surface area contributed by atoms with E-state index in [0.717, 1.165) is 3.57 Å². The average Bonchev–Trinajstić information content (AvgIpc) is 2.41. The molecule has 1 aromatic heterocycles. The minimum absolute atomic E-state index is 0.229. The second-order valence-corrected chi connectivity index (χ2v) is 5.83. The molecule has 2 aromatic rings. The molecular formula is C13H10IN3O3. The molecule has 0 bridgehead atoms. The summed E-state index contributed by atoms with van der Waals surface area (Å²) in [4.78, 5) is 39.7. The summed E-state index contributed by atoms with van der Waals surface area (Å²) >= 11 is 2.12. The van der Waals surface area contributed by atoms with E-state index in [9.17, 15) is 14.4 Å². The van der Waals surface area contributed by atoms with Gasteiger partial charge in [-0.1, -0.05) is 0 Å². The van der Waals surface area contributed by atoms with Crippen molar-refractivity contribution in [3.8, 4) is 0 Å². The summed E-state index contributed by atoms with van der Waals surface area (Å²) in [6, 6.07) is 4.71. The zero-order valence-corrected chi connectivity index (χ0v) is 12.5. The Kier molecular flexibility index (Phi) is 3.28. The van der Waals surface area contributed by atoms with Crippen LogP contribution in [-0.4, -0.2) is 21.4 Å². The van der Waals surface area contributed by atoms with Crippen molar-refractivity contribution in [3.63, 3.8) is 0 Å². The van der Waals surface area contributed by atoms with Crippen LogP contribution in [-0.2, 0) is 9.59 Å². The normalized spacial score (nSPS) is 19.1. The van der Waals surface area contributed by atoms with E-state index in [4.69, 9.17) is 0 Å². The predicted octanol–water partition coefficient (Wildman–Crippen LogP) is 0.979. The highest BCUT2D eigenvalue weighted by Crippen LogP contribution is 2.18. The van der Waals surface area contributed by atoms with Crippen molar-refractivity contribution in [1.82, 2.24) is 14.9 Å². The van der Waals surface area contributed by atoms with E-state index in [2.05, 4.69) is 32.9 Å². The van der Waals surface area contributed by atoms with E-state index in [1.165, 1.54) is 10.9 Å². The first kappa shape index (κ1) is 13.2. The fourth-order valence-electron chi connectivity index (χ4n) is 2.28. The maximum atomic E-state index is 12.5. The minimum Gasteiger partial charge on any atom is -0.295 e. The van der Waals surface area contributed by atoms with Gasteiger partial charge in [0.25, 0.3) is 5.56 Å². The number of amides is 2. The van der Waals surface area contributed by atoms with Crippen LogP contribution < -0.4 is 10.9 Å². The van der Waals surface area contributed by atoms with Gasteiger partial charge in [0.15, 0.2) is 0 Å². The van der Waals surface area contributed by atoms with E-state index in [0.29, 0.717) is 17.3 Å². The molecule has 3 rings (SSSR count). The molecule has 1 N–H and O–H groups in total. The monoisotopic (exact) mass is 383 g/mol. The minimum atomic E-state index is -0.671. The van der Waals surface area contributed by atoms with Crippen LogP contribution in [0.4, 0.5) is 0 Å². The molecule has 0 saturated carbocycles. The van der Waals surface area contributed by atoms with Crippen LogP contribution in [0, 0.1) is 3.57 Å². The smallest absolute Gasteiger partial charge is 0.261 e. The van der Waals surface area contributed by atoms with Gasteiger partial charge < -0.3 is 0 Å². The van der Waals surface area contributed by atoms with Gasteiger partial charge in [0.2, 0.25) is 11.8 Å². The van der Waals surface area contributed by atoms with E-state index >= 15 is 0 Å². The summed E-state index contributed by atoms with van der Waals surface area (Å²) in [7, 11) is 0. The number of nitrogens with zero attached hydrogens (tertiary/aromatic N) is 2. The van der Waals surface area contributed by atoms with Gasteiger partial charge in [-0.05, 0) is 47.2 Å². The number of aromatic nitrogens is 2. The number of benzene rings is 1. The summed E-state index contributed by atoms with van der Waals surface area (Å²) in [5.41, 5.74) is 0.335. The van der Waals surface area contributed by atoms with Gasteiger partial charge in [0.05, 0.1) is 17.2 Å². The zero-order valence-electron chi connectivity index (χ0n) is 10.3. The number of rotatable bonds is 1. The lowest BCUT2D eigenvalue weighted by Crippen LogP contribution is -2.44. The molecule has 1 saturated heterocycles. The van der Waals surface area contributed by atoms with Crippen LogP contribution in [0.25, 0.3) is 10.9 Å². The lowest BCUT2D eigenvalue weighted by atomic mass is 10.1. The first-order valence-electron chi connectivity index (χ1n) is 6.06. The van der Waals surface area contributed by atoms with Gasteiger partial charge in [0.1, 0.15) is 6.04 Å². The van der Waals surface area contributed by atoms with Crippen molar-refractivity contribution in [2.45, 2.75) is 18.9 Å². The average molecular weight is 383 g/mol. The second-order valence-electron chi connectivity index (χ2n) is 4.59. The Balaban J connectivity index is 2.13. The van der Waals surface area contributed by atoms with E-state index in [-0.39, 0.29) is 17.9 Å². The molecule has 0 spiro atoms. The van der Waals surface area contributed by atoms with Crippen molar-refractivity contribution in [1.29, 1.82) is 0 Å². The van der Waals surface area contributed by atoms with E-state index in [1.807, 2.05) is 6.07 Å². The lowest BCUT2D eigenvalue weighted by molar-refractivity contribution is -0.135. The first-order chi connectivity index (χ1) is 9.56. The molecule has 1 unspecified atom stereocenters. The third-order valence-electron chi connectivity index (χ3n) is 3.29. The van der Waals surface area contributed by atoms with Crippen LogP contribution in [0.3, 0.4) is 0 Å². The molecule has 0 radical (unpaired) electrons. The van der Waals surface area contributed by atoms with Crippen molar-refractivity contribution >= 4 is 45.3 Å². The number of piperidine rings is 1. The highest BCUT2D eigenvalue weighted by Gasteiger charge is 2.29. The summed E-state index contributed by atoms with van der Waals surface area (Å²) < 4.78 is 2.23. The van der Waals surface area contributed by atoms with Gasteiger partial charge in [-0.3, -0.25) is 24.3 Å². The molecule has 2 amide bonds. The van der Waals surface area contributed by atoms with Gasteiger partial charge in [0, 0.05) is 9.99 Å². The quantitative estimate of drug-likeness (QED) is 0.588. The number of hydrogen-bond acceptors (Lipinski definition) is 4. The van der Waals surface area contributed by atoms with E-state index in [1.54, 1.807) is 12.1 Å². The Hall–Kier alpha value is -1.77. The summed E-state index contributed by atoms with van der Waals surface area (Å²) in [6.45, 7) is 0. The first-order valence-corrected chi connectivity index (χ1v) is 7.14. The summed E-state index contributed by atoms with van der Waals surface area (Å²) in [5, 5.41) is 2.72. The molecular weight excluding hydrogens is 373 g/mol. The largest absolute Gasteiger partial charge is 0.295 e. The van der Waals surface area contributed by atoms with Crippen LogP contribution in [0.1, 0.15) is 18.9 Å². The lowest BCUT2D eigenvalue weighted by Gasteiger charge is -2.22. The molecule has 1 aliphatic heterocycles. The SMILES string of the molecule is O=C1CCC(n2cnc3ccc(I)cc3c2=O)C(=O)N1. The van der Waals surface area contributed by atoms with Crippen LogP contribution >= 0.6 is 22.6 Å². The number of nitrogens with one attached hydrogen (secondary N) is 1. The highest BCUT2D eigenvalue weighted by atomic mass is 127. The third kappa shape index (κ3) is 2.21.